The number of carbonyl (C=O) groups is 2. The van der Waals surface area contributed by atoms with Crippen LogP contribution in [0, 0.1) is 0 Å². The topological polar surface area (TPSA) is 112 Å². The number of carbonyl (C=O) groups excluding carboxylic acids is 2. The summed E-state index contributed by atoms with van der Waals surface area (Å²) < 4.78 is 25.4. The summed E-state index contributed by atoms with van der Waals surface area (Å²) in [5.74, 6) is -0.173. The highest BCUT2D eigenvalue weighted by Gasteiger charge is 2.39. The Morgan fingerprint density at radius 2 is 1.82 bits per heavy atom. The first-order valence-electron chi connectivity index (χ1n) is 12.9. The minimum absolute atomic E-state index is 0.0227. The fraction of sp³-hybridized carbons (Fsp3) is 0.393. The van der Waals surface area contributed by atoms with Gasteiger partial charge in [-0.3, -0.25) is 9.59 Å². The number of amides is 2. The third kappa shape index (κ3) is 5.88. The van der Waals surface area contributed by atoms with Crippen LogP contribution in [-0.2, 0) is 36.0 Å². The molecule has 2 aromatic carbocycles. The van der Waals surface area contributed by atoms with Gasteiger partial charge in [0, 0.05) is 36.1 Å². The molecular formula is C28H35N4O4S2+. The zero-order valence-electron chi connectivity index (χ0n) is 22.2. The van der Waals surface area contributed by atoms with E-state index in [1.54, 1.807) is 16.4 Å². The van der Waals surface area contributed by atoms with Crippen LogP contribution < -0.4 is 10.6 Å². The minimum Gasteiger partial charge on any atom is -0.325 e. The van der Waals surface area contributed by atoms with Crippen LogP contribution in [0.2, 0.25) is 0 Å². The fourth-order valence-corrected chi connectivity index (χ4v) is 6.86. The van der Waals surface area contributed by atoms with Crippen LogP contribution in [-0.4, -0.2) is 38.7 Å². The Morgan fingerprint density at radius 1 is 1.13 bits per heavy atom. The third-order valence-corrected chi connectivity index (χ3v) is 9.43. The summed E-state index contributed by atoms with van der Waals surface area (Å²) in [4.78, 5) is 29.8. The molecular weight excluding hydrogens is 520 g/mol. The van der Waals surface area contributed by atoms with Crippen molar-refractivity contribution in [2.75, 3.05) is 23.7 Å². The largest absolute Gasteiger partial charge is 0.325 e. The molecule has 0 saturated heterocycles. The maximum absolute atomic E-state index is 13.0. The van der Waals surface area contributed by atoms with E-state index in [2.05, 4.69) is 15.6 Å². The number of aryl methyl sites for hydroxylation is 1. The quantitative estimate of drug-likeness (QED) is 0.252. The van der Waals surface area contributed by atoms with Gasteiger partial charge < -0.3 is 10.6 Å². The van der Waals surface area contributed by atoms with Crippen molar-refractivity contribution in [2.24, 2.45) is 0 Å². The lowest BCUT2D eigenvalue weighted by Crippen LogP contribution is -2.37. The van der Waals surface area contributed by atoms with Crippen LogP contribution >= 0.6 is 11.3 Å². The Balaban J connectivity index is 1.35. The van der Waals surface area contributed by atoms with E-state index >= 15 is 0 Å². The van der Waals surface area contributed by atoms with Gasteiger partial charge in [-0.05, 0) is 72.7 Å². The van der Waals surface area contributed by atoms with Gasteiger partial charge in [0.1, 0.15) is 0 Å². The molecule has 0 bridgehead atoms. The van der Waals surface area contributed by atoms with Crippen molar-refractivity contribution in [3.63, 3.8) is 0 Å². The Kier molecular flexibility index (Phi) is 8.46. The summed E-state index contributed by atoms with van der Waals surface area (Å²) in [6.07, 6.45) is 2.37. The molecule has 3 aromatic rings. The molecule has 0 spiro atoms. The van der Waals surface area contributed by atoms with Crippen LogP contribution in [0.3, 0.4) is 0 Å². The van der Waals surface area contributed by atoms with E-state index in [0.717, 1.165) is 40.9 Å². The van der Waals surface area contributed by atoms with Gasteiger partial charge in [0.25, 0.3) is 0 Å². The van der Waals surface area contributed by atoms with Crippen LogP contribution in [0.4, 0.5) is 10.8 Å². The number of hydrogen-bond donors (Lipinski definition) is 3. The first-order chi connectivity index (χ1) is 18.1. The highest BCUT2D eigenvalue weighted by molar-refractivity contribution is 7.95. The molecule has 2 heterocycles. The minimum atomic E-state index is -3.27. The van der Waals surface area contributed by atoms with E-state index < -0.39 is 15.8 Å². The maximum Gasteiger partial charge on any atom is 0.325 e. The second kappa shape index (κ2) is 11.4. The lowest BCUT2D eigenvalue weighted by atomic mass is 9.85. The first-order valence-corrected chi connectivity index (χ1v) is 15.2. The maximum atomic E-state index is 13.0. The monoisotopic (exact) mass is 555 g/mol. The lowest BCUT2D eigenvalue weighted by Gasteiger charge is -2.18. The number of nitrogens with one attached hydrogen (secondary N) is 2. The lowest BCUT2D eigenvalue weighted by molar-refractivity contribution is -0.119. The summed E-state index contributed by atoms with van der Waals surface area (Å²) in [6, 6.07) is 12.8. The molecule has 1 aliphatic heterocycles. The normalized spacial score (nSPS) is 15.7. The van der Waals surface area contributed by atoms with Crippen LogP contribution in [0.5, 0.6) is 0 Å². The van der Waals surface area contributed by atoms with E-state index in [4.69, 9.17) is 0 Å². The Bertz CT molecular complexity index is 1360. The van der Waals surface area contributed by atoms with Crippen molar-refractivity contribution < 1.29 is 18.4 Å². The fourth-order valence-electron chi connectivity index (χ4n) is 4.47. The molecule has 202 valence electrons. The van der Waals surface area contributed by atoms with Gasteiger partial charge in [-0.1, -0.05) is 36.4 Å². The third-order valence-electron chi connectivity index (χ3n) is 6.72. The summed E-state index contributed by atoms with van der Waals surface area (Å²) in [5, 5.41) is 8.18. The number of fused-ring (bicyclic) bond motifs is 1. The molecule has 1 atom stereocenters. The van der Waals surface area contributed by atoms with Crippen molar-refractivity contribution in [3.05, 3.63) is 59.0 Å². The van der Waals surface area contributed by atoms with Crippen LogP contribution in [0.25, 0.3) is 11.3 Å². The van der Waals surface area contributed by atoms with Gasteiger partial charge in [-0.15, -0.1) is 11.3 Å². The van der Waals surface area contributed by atoms with E-state index in [-0.39, 0.29) is 18.2 Å². The number of hydrogen-bond acceptors (Lipinski definition) is 5. The van der Waals surface area contributed by atoms with E-state index in [1.165, 1.54) is 11.3 Å². The van der Waals surface area contributed by atoms with Gasteiger partial charge >= 0.3 is 10.4 Å². The Morgan fingerprint density at radius 3 is 2.47 bits per heavy atom. The molecule has 38 heavy (non-hydrogen) atoms. The smallest absolute Gasteiger partial charge is 0.325 e. The molecule has 0 aliphatic carbocycles. The molecule has 0 fully saturated rings. The summed E-state index contributed by atoms with van der Waals surface area (Å²) in [6.45, 7) is 8.90. The van der Waals surface area contributed by atoms with E-state index in [1.807, 2.05) is 63.4 Å². The number of nitrogens with zero attached hydrogens (tertiary/aromatic N) is 2. The number of benzene rings is 2. The predicted octanol–water partition coefficient (Wildman–Crippen LogP) is 5.98. The molecule has 1 aliphatic rings. The van der Waals surface area contributed by atoms with Crippen molar-refractivity contribution in [1.82, 2.24) is 9.29 Å². The van der Waals surface area contributed by atoms with Gasteiger partial charge in [0.15, 0.2) is 5.13 Å². The predicted molar refractivity (Wildman–Crippen MR) is 154 cm³/mol. The average Bonchev–Trinajstić information content (AvgIpc) is 3.44. The van der Waals surface area contributed by atoms with E-state index in [9.17, 15) is 18.4 Å². The van der Waals surface area contributed by atoms with Crippen molar-refractivity contribution in [2.45, 2.75) is 63.7 Å². The Hall–Kier alpha value is -2.92. The number of aromatic nitrogens is 1. The molecule has 10 heteroatoms. The molecule has 2 amide bonds. The van der Waals surface area contributed by atoms with Crippen molar-refractivity contribution in [1.29, 1.82) is 0 Å². The van der Waals surface area contributed by atoms with Crippen LogP contribution in [0.1, 0.15) is 58.1 Å². The molecule has 4 rings (SSSR count). The highest BCUT2D eigenvalue weighted by atomic mass is 32.3. The zero-order valence-corrected chi connectivity index (χ0v) is 23.9. The molecule has 1 aromatic heterocycles. The first kappa shape index (κ1) is 28.1. The molecule has 0 saturated carbocycles. The number of anilines is 2. The average molecular weight is 556 g/mol. The second-order valence-corrected chi connectivity index (χ2v) is 12.8. The van der Waals surface area contributed by atoms with Crippen LogP contribution in [0.15, 0.2) is 52.7 Å². The number of rotatable bonds is 11. The van der Waals surface area contributed by atoms with Gasteiger partial charge in [-0.25, -0.2) is 4.98 Å². The Labute approximate surface area is 229 Å². The summed E-state index contributed by atoms with van der Waals surface area (Å²) in [7, 11) is -3.27. The van der Waals surface area contributed by atoms with Gasteiger partial charge in [-0.2, -0.15) is 4.55 Å². The standard InChI is InChI=1S/C28H34N4O4S2/c1-5-15-32(16-6-2)38(35,36)21-11-7-19(8-12-21)9-14-25(33)31-27-30-24(18-37-27)20-10-13-23-22(17-20)28(3,4)26(34)29-23/h7-8,10-13,17-18H,5-6,9,14-16H2,1-4H3,(H2-,29,30,31,33,34,35,36)/p+1. The summed E-state index contributed by atoms with van der Waals surface area (Å²) in [5.41, 5.74) is 3.70. The summed E-state index contributed by atoms with van der Waals surface area (Å²) >= 11 is 1.35. The number of thiazole rings is 1. The molecule has 1 unspecified atom stereocenters. The molecule has 8 nitrogen and oxygen atoms in total. The van der Waals surface area contributed by atoms with Gasteiger partial charge in [0.05, 0.1) is 11.1 Å². The molecule has 3 N–H and O–H groups in total. The van der Waals surface area contributed by atoms with Crippen molar-refractivity contribution >= 4 is 44.4 Å². The SMILES string of the molecule is CCCN(CCC)[S+](=O)(O)c1ccc(CCC(=O)Nc2nc(-c3ccc4c(c3)C(C)(C)C(=O)N4)cs2)cc1. The second-order valence-electron chi connectivity index (χ2n) is 10.00. The van der Waals surface area contributed by atoms with Gasteiger partial charge in [0.2, 0.25) is 16.7 Å². The highest BCUT2D eigenvalue weighted by Crippen LogP contribution is 2.40. The molecule has 0 radical (unpaired) electrons. The van der Waals surface area contributed by atoms with Crippen molar-refractivity contribution in [3.8, 4) is 11.3 Å². The van der Waals surface area contributed by atoms with E-state index in [0.29, 0.717) is 29.5 Å². The zero-order chi connectivity index (χ0) is 27.5.